The van der Waals surface area contributed by atoms with Gasteiger partial charge in [0.15, 0.2) is 5.78 Å². The van der Waals surface area contributed by atoms with Crippen LogP contribution in [0.15, 0.2) is 128 Å². The molecule has 0 aliphatic heterocycles. The SMILES string of the molecule is C=CC(C)=O.C=CC=O.C=Cc1cc(-c2ccc(OCCCCCCOC)cc2)ccc1C.CC.CC(=Nc1ccccc1C)N(C)C=O.CCCC.CCCCCCCOc1ccc(C=O)cc1.O=CO. The molecule has 1 N–H and O–H groups in total. The van der Waals surface area contributed by atoms with Crippen molar-refractivity contribution in [2.45, 2.75) is 133 Å². The summed E-state index contributed by atoms with van der Waals surface area (Å²) >= 11 is 0. The second-order valence-corrected chi connectivity index (χ2v) is 15.5. The van der Waals surface area contributed by atoms with Crippen LogP contribution in [0.1, 0.15) is 146 Å². The third kappa shape index (κ3) is 42.2. The molecule has 0 aliphatic carbocycles. The lowest BCUT2D eigenvalue weighted by Gasteiger charge is -2.09. The molecule has 0 aromatic heterocycles. The van der Waals surface area contributed by atoms with Crippen LogP contribution in [0.2, 0.25) is 0 Å². The van der Waals surface area contributed by atoms with Gasteiger partial charge in [0, 0.05) is 26.3 Å². The molecule has 0 radical (unpaired) electrons. The van der Waals surface area contributed by atoms with E-state index in [4.69, 9.17) is 28.9 Å². The van der Waals surface area contributed by atoms with Gasteiger partial charge in [-0.05, 0) is 142 Å². The molecular formula is C61H90N2O9. The minimum atomic E-state index is -0.250. The summed E-state index contributed by atoms with van der Waals surface area (Å²) in [7, 11) is 3.44. The highest BCUT2D eigenvalue weighted by Gasteiger charge is 2.03. The number of nitrogens with zero attached hydrogens (tertiary/aromatic N) is 2. The maximum atomic E-state index is 10.5. The Hall–Kier alpha value is -6.72. The number of aldehydes is 2. The van der Waals surface area contributed by atoms with Crippen molar-refractivity contribution in [3.63, 3.8) is 0 Å². The van der Waals surface area contributed by atoms with Crippen molar-refractivity contribution >= 4 is 48.8 Å². The van der Waals surface area contributed by atoms with Gasteiger partial charge in [0.25, 0.3) is 6.47 Å². The molecule has 0 atom stereocenters. The summed E-state index contributed by atoms with van der Waals surface area (Å²) in [5, 5.41) is 6.89. The van der Waals surface area contributed by atoms with E-state index in [9.17, 15) is 14.4 Å². The zero-order chi connectivity index (χ0) is 55.2. The minimum Gasteiger partial charge on any atom is -0.494 e. The number of allylic oxidation sites excluding steroid dienone is 2. The first-order valence-electron chi connectivity index (χ1n) is 25.0. The summed E-state index contributed by atoms with van der Waals surface area (Å²) in [5.74, 6) is 2.49. The van der Waals surface area contributed by atoms with Crippen LogP contribution in [-0.2, 0) is 23.9 Å². The fraction of sp³-hybridized carbons (Fsp3) is 0.410. The number of amidine groups is 1. The molecule has 4 aromatic rings. The Labute approximate surface area is 435 Å². The van der Waals surface area contributed by atoms with Gasteiger partial charge in [0.2, 0.25) is 6.41 Å². The lowest BCUT2D eigenvalue weighted by Crippen LogP contribution is -2.21. The van der Waals surface area contributed by atoms with E-state index in [0.29, 0.717) is 17.7 Å². The normalized spacial score (nSPS) is 9.35. The number of unbranched alkanes of at least 4 members (excludes halogenated alkanes) is 8. The second kappa shape index (κ2) is 53.6. The van der Waals surface area contributed by atoms with Gasteiger partial charge >= 0.3 is 0 Å². The Balaban J connectivity index is -0.000000421. The van der Waals surface area contributed by atoms with Crippen molar-refractivity contribution in [2.24, 2.45) is 4.99 Å². The highest BCUT2D eigenvalue weighted by atomic mass is 16.5. The van der Waals surface area contributed by atoms with Crippen LogP contribution in [0.5, 0.6) is 11.5 Å². The van der Waals surface area contributed by atoms with Gasteiger partial charge in [-0.1, -0.05) is 148 Å². The summed E-state index contributed by atoms with van der Waals surface area (Å²) in [6.07, 6.45) is 20.1. The highest BCUT2D eigenvalue weighted by Crippen LogP contribution is 2.25. The lowest BCUT2D eigenvalue weighted by atomic mass is 10.00. The number of amides is 1. The molecule has 4 rings (SSSR count). The number of hydrogen-bond acceptors (Lipinski definition) is 9. The number of benzene rings is 4. The quantitative estimate of drug-likeness (QED) is 0.0252. The Morgan fingerprint density at radius 3 is 1.51 bits per heavy atom. The molecule has 0 fully saturated rings. The number of carbonyl (C=O) groups excluding carboxylic acids is 4. The van der Waals surface area contributed by atoms with E-state index in [2.05, 4.69) is 82.8 Å². The van der Waals surface area contributed by atoms with Gasteiger partial charge in [0.1, 0.15) is 29.9 Å². The van der Waals surface area contributed by atoms with Crippen LogP contribution in [0.4, 0.5) is 5.69 Å². The zero-order valence-corrected chi connectivity index (χ0v) is 45.8. The number of rotatable bonds is 23. The number of hydrogen-bond donors (Lipinski definition) is 1. The fourth-order valence-corrected chi connectivity index (χ4v) is 5.23. The van der Waals surface area contributed by atoms with E-state index in [1.807, 2.05) is 75.4 Å². The molecule has 0 saturated carbocycles. The Morgan fingerprint density at radius 2 is 1.11 bits per heavy atom. The molecule has 72 heavy (non-hydrogen) atoms. The van der Waals surface area contributed by atoms with Crippen LogP contribution >= 0.6 is 0 Å². The second-order valence-electron chi connectivity index (χ2n) is 15.5. The van der Waals surface area contributed by atoms with Crippen molar-refractivity contribution in [1.29, 1.82) is 0 Å². The smallest absolute Gasteiger partial charge is 0.290 e. The first kappa shape index (κ1) is 71.8. The predicted molar refractivity (Wildman–Crippen MR) is 304 cm³/mol. The number of carboxylic acid groups (broad SMARTS) is 1. The molecule has 0 saturated heterocycles. The van der Waals surface area contributed by atoms with Gasteiger partial charge < -0.3 is 24.2 Å². The van der Waals surface area contributed by atoms with Crippen LogP contribution < -0.4 is 9.47 Å². The van der Waals surface area contributed by atoms with Crippen molar-refractivity contribution in [3.8, 4) is 22.6 Å². The zero-order valence-electron chi connectivity index (χ0n) is 45.8. The largest absolute Gasteiger partial charge is 0.494 e. The summed E-state index contributed by atoms with van der Waals surface area (Å²) in [6.45, 7) is 30.3. The number of aliphatic imine (C=N–C) groups is 1. The van der Waals surface area contributed by atoms with Crippen molar-refractivity contribution in [2.75, 3.05) is 34.0 Å². The van der Waals surface area contributed by atoms with Gasteiger partial charge in [-0.15, -0.1) is 0 Å². The van der Waals surface area contributed by atoms with Gasteiger partial charge in [-0.3, -0.25) is 24.0 Å². The maximum absolute atomic E-state index is 10.5. The third-order valence-corrected chi connectivity index (χ3v) is 9.68. The molecule has 0 unspecified atom stereocenters. The minimum absolute atomic E-state index is 0.0185. The van der Waals surface area contributed by atoms with Gasteiger partial charge in [-0.25, -0.2) is 4.99 Å². The number of methoxy groups -OCH3 is 1. The van der Waals surface area contributed by atoms with Gasteiger partial charge in [0.05, 0.1) is 18.9 Å². The lowest BCUT2D eigenvalue weighted by molar-refractivity contribution is -0.123. The molecule has 0 bridgehead atoms. The van der Waals surface area contributed by atoms with Crippen molar-refractivity contribution in [3.05, 3.63) is 145 Å². The van der Waals surface area contributed by atoms with Crippen LogP contribution in [-0.4, -0.2) is 81.1 Å². The summed E-state index contributed by atoms with van der Waals surface area (Å²) in [5.41, 5.74) is 7.53. The van der Waals surface area contributed by atoms with Crippen LogP contribution in [0.25, 0.3) is 17.2 Å². The topological polar surface area (TPSA) is 149 Å². The Bertz CT molecular complexity index is 2000. The van der Waals surface area contributed by atoms with E-state index in [-0.39, 0.29) is 12.3 Å². The molecule has 4 aromatic carbocycles. The number of ether oxygens (including phenoxy) is 3. The molecule has 11 nitrogen and oxygen atoms in total. The summed E-state index contributed by atoms with van der Waals surface area (Å²) in [4.78, 5) is 53.8. The Kier molecular flexibility index (Phi) is 53.5. The molecule has 1 amide bonds. The number of aryl methyl sites for hydroxylation is 2. The number of para-hydroxylation sites is 1. The van der Waals surface area contributed by atoms with E-state index in [1.165, 1.54) is 97.6 Å². The average molecular weight is 995 g/mol. The number of carbonyl (C=O) groups is 5. The van der Waals surface area contributed by atoms with Crippen LogP contribution in [0.3, 0.4) is 0 Å². The van der Waals surface area contributed by atoms with Crippen LogP contribution in [0, 0.1) is 13.8 Å². The first-order chi connectivity index (χ1) is 34.8. The van der Waals surface area contributed by atoms with E-state index < -0.39 is 0 Å². The molecule has 0 heterocycles. The monoisotopic (exact) mass is 995 g/mol. The van der Waals surface area contributed by atoms with E-state index in [0.717, 1.165) is 74.5 Å². The molecule has 11 heteroatoms. The Morgan fingerprint density at radius 1 is 0.653 bits per heavy atom. The highest BCUT2D eigenvalue weighted by molar-refractivity contribution is 5.90. The third-order valence-electron chi connectivity index (χ3n) is 9.68. The number of ketones is 1. The standard InChI is InChI=1S/C22H28O2.C14H20O2.C11H14N2O.C4H6O.C4H10.C3H4O.C2H6.CH2O2/c1-4-19-17-21(10-9-18(19)2)20-11-13-22(14-12-20)24-16-8-6-5-7-15-23-3;1-2-3-4-5-6-11-16-14-9-7-13(12-15)8-10-14;1-9-6-4-5-7-11(9)12-10(2)13(3)8-14;1-3-4(2)5;1-3-4-2;1-2-3-4;1-2;2-1-3/h4,9-14,17H,1,5-8,15-16H2,2-3H3;7-10,12H,2-6,11H2,1H3;4-8H,1-3H3;3H,1H2,2H3;3-4H2,1-2H3;2-3H,1H2;1-2H3;1H,(H,2,3). The van der Waals surface area contributed by atoms with Gasteiger partial charge in [-0.2, -0.15) is 0 Å². The van der Waals surface area contributed by atoms with Crippen molar-refractivity contribution < 1.29 is 43.3 Å². The maximum Gasteiger partial charge on any atom is 0.290 e. The molecule has 398 valence electrons. The van der Waals surface area contributed by atoms with E-state index in [1.54, 1.807) is 33.2 Å². The fourth-order valence-electron chi connectivity index (χ4n) is 5.23. The first-order valence-corrected chi connectivity index (χ1v) is 25.0. The molecule has 0 aliphatic rings. The van der Waals surface area contributed by atoms with Crippen molar-refractivity contribution in [1.82, 2.24) is 4.90 Å². The molecular weight excluding hydrogens is 905 g/mol. The summed E-state index contributed by atoms with van der Waals surface area (Å²) in [6, 6.07) is 29.9. The average Bonchev–Trinajstić information content (AvgIpc) is 3.41. The predicted octanol–water partition coefficient (Wildman–Crippen LogP) is 15.5. The molecule has 0 spiro atoms. The van der Waals surface area contributed by atoms with E-state index >= 15 is 0 Å². The summed E-state index contributed by atoms with van der Waals surface area (Å²) < 4.78 is 16.4.